The Bertz CT molecular complexity index is 294. The minimum atomic E-state index is -2.84. The van der Waals surface area contributed by atoms with Crippen LogP contribution in [0.2, 0.25) is 0 Å². The van der Waals surface area contributed by atoms with E-state index in [2.05, 4.69) is 15.9 Å². The fourth-order valence-corrected chi connectivity index (χ4v) is 4.45. The molecule has 0 bridgehead atoms. The molecule has 5 heteroatoms. The Morgan fingerprint density at radius 1 is 1.25 bits per heavy atom. The van der Waals surface area contributed by atoms with Gasteiger partial charge in [0.25, 0.3) is 0 Å². The highest BCUT2D eigenvalue weighted by molar-refractivity contribution is 9.09. The van der Waals surface area contributed by atoms with Crippen molar-refractivity contribution in [2.75, 3.05) is 30.0 Å². The summed E-state index contributed by atoms with van der Waals surface area (Å²) in [6.45, 7) is 3.44. The van der Waals surface area contributed by atoms with Gasteiger partial charge in [-0.15, -0.1) is 0 Å². The number of alkyl halides is 1. The Hall–Kier alpha value is 0.390. The number of halogens is 1. The highest BCUT2D eigenvalue weighted by Gasteiger charge is 2.32. The van der Waals surface area contributed by atoms with Crippen LogP contribution in [0.15, 0.2) is 0 Å². The van der Waals surface area contributed by atoms with E-state index >= 15 is 0 Å². The number of rotatable bonds is 6. The van der Waals surface area contributed by atoms with Crippen molar-refractivity contribution in [2.24, 2.45) is 5.41 Å². The Kier molecular flexibility index (Phi) is 5.74. The quantitative estimate of drug-likeness (QED) is 0.707. The molecular weight excluding hydrogens is 292 g/mol. The predicted molar refractivity (Wildman–Crippen MR) is 69.8 cm³/mol. The second-order valence-corrected chi connectivity index (χ2v) is 7.51. The lowest BCUT2D eigenvalue weighted by Gasteiger charge is -2.35. The molecule has 0 aromatic carbocycles. The van der Waals surface area contributed by atoms with Crippen LogP contribution < -0.4 is 0 Å². The molecule has 1 heterocycles. The minimum Gasteiger partial charge on any atom is -0.381 e. The third kappa shape index (κ3) is 4.34. The van der Waals surface area contributed by atoms with Crippen LogP contribution in [0.3, 0.4) is 0 Å². The van der Waals surface area contributed by atoms with E-state index < -0.39 is 9.84 Å². The molecule has 0 radical (unpaired) electrons. The highest BCUT2D eigenvalue weighted by Crippen LogP contribution is 2.36. The molecule has 0 aromatic heterocycles. The normalized spacial score (nSPS) is 20.9. The largest absolute Gasteiger partial charge is 0.381 e. The monoisotopic (exact) mass is 312 g/mol. The maximum absolute atomic E-state index is 11.7. The smallest absolute Gasteiger partial charge is 0.150 e. The van der Waals surface area contributed by atoms with Crippen molar-refractivity contribution in [1.82, 2.24) is 0 Å². The van der Waals surface area contributed by atoms with Crippen molar-refractivity contribution < 1.29 is 13.2 Å². The van der Waals surface area contributed by atoms with Crippen molar-refractivity contribution in [3.63, 3.8) is 0 Å². The first-order chi connectivity index (χ1) is 7.54. The van der Waals surface area contributed by atoms with Gasteiger partial charge in [-0.3, -0.25) is 0 Å². The van der Waals surface area contributed by atoms with Crippen LogP contribution in [-0.4, -0.2) is 38.5 Å². The fourth-order valence-electron chi connectivity index (χ4n) is 2.04. The molecule has 0 unspecified atom stereocenters. The summed E-state index contributed by atoms with van der Waals surface area (Å²) in [5.74, 6) is 0.647. The first-order valence-electron chi connectivity index (χ1n) is 5.88. The van der Waals surface area contributed by atoms with Gasteiger partial charge < -0.3 is 4.74 Å². The molecule has 0 saturated carbocycles. The molecule has 0 aromatic rings. The highest BCUT2D eigenvalue weighted by atomic mass is 79.9. The molecule has 16 heavy (non-hydrogen) atoms. The summed E-state index contributed by atoms with van der Waals surface area (Å²) in [4.78, 5) is 0. The van der Waals surface area contributed by atoms with Crippen LogP contribution in [0.5, 0.6) is 0 Å². The molecule has 1 rings (SSSR count). The van der Waals surface area contributed by atoms with Gasteiger partial charge in [0.1, 0.15) is 9.84 Å². The standard InChI is InChI=1S/C11H21BrO3S/c1-2-8-16(13,14)9-5-11(10-12)3-6-15-7-4-11/h2-10H2,1H3. The van der Waals surface area contributed by atoms with Crippen molar-refractivity contribution in [1.29, 1.82) is 0 Å². The molecule has 1 aliphatic heterocycles. The second-order valence-electron chi connectivity index (χ2n) is 4.65. The molecule has 0 amide bonds. The molecule has 0 N–H and O–H groups in total. The summed E-state index contributed by atoms with van der Waals surface area (Å²) < 4.78 is 28.7. The lowest BCUT2D eigenvalue weighted by atomic mass is 9.80. The molecule has 1 fully saturated rings. The average Bonchev–Trinajstić information content (AvgIpc) is 2.28. The van der Waals surface area contributed by atoms with Gasteiger partial charge in [0.2, 0.25) is 0 Å². The SMILES string of the molecule is CCCS(=O)(=O)CCC1(CBr)CCOCC1. The fraction of sp³-hybridized carbons (Fsp3) is 1.00. The van der Waals surface area contributed by atoms with Gasteiger partial charge in [0, 0.05) is 24.3 Å². The summed E-state index contributed by atoms with van der Waals surface area (Å²) in [7, 11) is -2.84. The second kappa shape index (κ2) is 6.36. The molecule has 1 saturated heterocycles. The molecule has 1 aliphatic rings. The Morgan fingerprint density at radius 3 is 2.38 bits per heavy atom. The third-order valence-electron chi connectivity index (χ3n) is 3.30. The van der Waals surface area contributed by atoms with E-state index in [0.29, 0.717) is 17.9 Å². The molecular formula is C11H21BrO3S. The van der Waals surface area contributed by atoms with Gasteiger partial charge in [-0.2, -0.15) is 0 Å². The lowest BCUT2D eigenvalue weighted by molar-refractivity contribution is 0.0254. The Morgan fingerprint density at radius 2 is 1.88 bits per heavy atom. The van der Waals surface area contributed by atoms with Crippen molar-refractivity contribution >= 4 is 25.8 Å². The van der Waals surface area contributed by atoms with Crippen molar-refractivity contribution in [3.05, 3.63) is 0 Å². The van der Waals surface area contributed by atoms with E-state index in [0.717, 1.165) is 37.8 Å². The van der Waals surface area contributed by atoms with Gasteiger partial charge in [-0.25, -0.2) is 8.42 Å². The van der Waals surface area contributed by atoms with E-state index in [1.165, 1.54) is 0 Å². The Balaban J connectivity index is 2.50. The summed E-state index contributed by atoms with van der Waals surface area (Å²) in [6.07, 6.45) is 3.43. The molecule has 0 spiro atoms. The minimum absolute atomic E-state index is 0.138. The number of hydrogen-bond donors (Lipinski definition) is 0. The van der Waals surface area contributed by atoms with Crippen LogP contribution in [-0.2, 0) is 14.6 Å². The van der Waals surface area contributed by atoms with Gasteiger partial charge in [-0.05, 0) is 31.1 Å². The van der Waals surface area contributed by atoms with Crippen LogP contribution in [0, 0.1) is 5.41 Å². The summed E-state index contributed by atoms with van der Waals surface area (Å²) >= 11 is 3.52. The average molecular weight is 313 g/mol. The van der Waals surface area contributed by atoms with Gasteiger partial charge >= 0.3 is 0 Å². The van der Waals surface area contributed by atoms with Crippen LogP contribution in [0.25, 0.3) is 0 Å². The first kappa shape index (κ1) is 14.5. The van der Waals surface area contributed by atoms with Crippen molar-refractivity contribution in [2.45, 2.75) is 32.6 Å². The van der Waals surface area contributed by atoms with Gasteiger partial charge in [0.05, 0.1) is 5.75 Å². The van der Waals surface area contributed by atoms with Crippen LogP contribution in [0.1, 0.15) is 32.6 Å². The van der Waals surface area contributed by atoms with Crippen LogP contribution in [0.4, 0.5) is 0 Å². The predicted octanol–water partition coefficient (Wildman–Crippen LogP) is 2.39. The summed E-state index contributed by atoms with van der Waals surface area (Å²) in [5, 5.41) is 0.880. The first-order valence-corrected chi connectivity index (χ1v) is 8.82. The van der Waals surface area contributed by atoms with Gasteiger partial charge in [-0.1, -0.05) is 22.9 Å². The van der Waals surface area contributed by atoms with E-state index in [1.807, 2.05) is 6.92 Å². The van der Waals surface area contributed by atoms with Gasteiger partial charge in [0.15, 0.2) is 0 Å². The van der Waals surface area contributed by atoms with E-state index in [-0.39, 0.29) is 5.41 Å². The van der Waals surface area contributed by atoms with E-state index in [4.69, 9.17) is 4.74 Å². The summed E-state index contributed by atoms with van der Waals surface area (Å²) in [5.41, 5.74) is 0.138. The molecule has 3 nitrogen and oxygen atoms in total. The molecule has 96 valence electrons. The Labute approximate surface area is 107 Å². The van der Waals surface area contributed by atoms with Crippen LogP contribution >= 0.6 is 15.9 Å². The number of hydrogen-bond acceptors (Lipinski definition) is 3. The van der Waals surface area contributed by atoms with E-state index in [9.17, 15) is 8.42 Å². The maximum atomic E-state index is 11.7. The lowest BCUT2D eigenvalue weighted by Crippen LogP contribution is -2.33. The number of sulfone groups is 1. The van der Waals surface area contributed by atoms with Crippen molar-refractivity contribution in [3.8, 4) is 0 Å². The molecule has 0 atom stereocenters. The zero-order valence-electron chi connectivity index (χ0n) is 9.87. The zero-order valence-corrected chi connectivity index (χ0v) is 12.3. The topological polar surface area (TPSA) is 43.4 Å². The van der Waals surface area contributed by atoms with E-state index in [1.54, 1.807) is 0 Å². The summed E-state index contributed by atoms with van der Waals surface area (Å²) in [6, 6.07) is 0. The zero-order chi connectivity index (χ0) is 12.1. The number of ether oxygens (including phenoxy) is 1. The molecule has 0 aliphatic carbocycles. The maximum Gasteiger partial charge on any atom is 0.150 e. The third-order valence-corrected chi connectivity index (χ3v) is 6.34.